The first-order chi connectivity index (χ1) is 16.2. The van der Waals surface area contributed by atoms with Gasteiger partial charge in [-0.3, -0.25) is 10.1 Å². The number of nitrogens with zero attached hydrogens (tertiary/aromatic N) is 6. The smallest absolute Gasteiger partial charge is 0.299 e. The zero-order valence-electron chi connectivity index (χ0n) is 17.7. The molecule has 1 amide bonds. The van der Waals surface area contributed by atoms with Gasteiger partial charge in [-0.15, -0.1) is 0 Å². The lowest BCUT2D eigenvalue weighted by Crippen LogP contribution is -2.30. The topological polar surface area (TPSA) is 138 Å². The lowest BCUT2D eigenvalue weighted by molar-refractivity contribution is 0.102. The highest BCUT2D eigenvalue weighted by Crippen LogP contribution is 2.25. The molecule has 0 fully saturated rings. The minimum atomic E-state index is -0.366. The van der Waals surface area contributed by atoms with Crippen molar-refractivity contribution in [3.05, 3.63) is 70.9 Å². The van der Waals surface area contributed by atoms with Crippen LogP contribution in [0.3, 0.4) is 0 Å². The number of carbonyl (C=O) groups excluding carboxylic acids is 1. The third-order valence-corrected chi connectivity index (χ3v) is 5.96. The van der Waals surface area contributed by atoms with Gasteiger partial charge in [0.05, 0.1) is 24.0 Å². The second-order valence-corrected chi connectivity index (χ2v) is 8.16. The third-order valence-electron chi connectivity index (χ3n) is 5.96. The minimum Gasteiger partial charge on any atom is -0.407 e. The molecular formula is C22H21N9O2. The van der Waals surface area contributed by atoms with Crippen LogP contribution < -0.4 is 15.5 Å². The molecule has 0 unspecified atom stereocenters. The normalized spacial score (nSPS) is 15.2. The molecule has 0 saturated carbocycles. The maximum absolute atomic E-state index is 12.6. The standard InChI is InChI=1S/C22H21N9O2/c32-20(27-19-11-25-22(33-19)31-6-5-17-18(12-31)29-30-28-17)15-9-23-21(24-10-15)26-16-7-13-3-1-2-4-14(13)8-16/h1-4,9-11,16H,5-8,12H2,(H,27,32)(H,23,24,26)(H,28,29,30). The average molecular weight is 443 g/mol. The van der Waals surface area contributed by atoms with Gasteiger partial charge in [0.25, 0.3) is 11.9 Å². The summed E-state index contributed by atoms with van der Waals surface area (Å²) in [7, 11) is 0. The molecule has 0 spiro atoms. The van der Waals surface area contributed by atoms with Crippen molar-refractivity contribution in [2.75, 3.05) is 22.1 Å². The molecule has 11 heteroatoms. The van der Waals surface area contributed by atoms with Gasteiger partial charge in [-0.2, -0.15) is 20.4 Å². The van der Waals surface area contributed by atoms with E-state index in [-0.39, 0.29) is 17.8 Å². The summed E-state index contributed by atoms with van der Waals surface area (Å²) < 4.78 is 5.72. The number of aromatic nitrogens is 6. The van der Waals surface area contributed by atoms with E-state index >= 15 is 0 Å². The molecule has 0 bridgehead atoms. The number of aromatic amines is 1. The van der Waals surface area contributed by atoms with E-state index in [1.807, 2.05) is 4.90 Å². The summed E-state index contributed by atoms with van der Waals surface area (Å²) >= 11 is 0. The van der Waals surface area contributed by atoms with Crippen LogP contribution in [0.5, 0.6) is 0 Å². The van der Waals surface area contributed by atoms with E-state index in [9.17, 15) is 4.79 Å². The molecule has 0 radical (unpaired) electrons. The quantitative estimate of drug-likeness (QED) is 0.423. The molecule has 2 aliphatic rings. The molecule has 1 aliphatic carbocycles. The predicted octanol–water partition coefficient (Wildman–Crippen LogP) is 1.98. The van der Waals surface area contributed by atoms with E-state index < -0.39 is 0 Å². The van der Waals surface area contributed by atoms with Crippen molar-refractivity contribution < 1.29 is 9.21 Å². The monoisotopic (exact) mass is 443 g/mol. The van der Waals surface area contributed by atoms with E-state index in [0.29, 0.717) is 30.6 Å². The number of benzene rings is 1. The molecular weight excluding hydrogens is 422 g/mol. The molecule has 166 valence electrons. The van der Waals surface area contributed by atoms with E-state index in [1.165, 1.54) is 29.7 Å². The lowest BCUT2D eigenvalue weighted by Gasteiger charge is -2.23. The Morgan fingerprint density at radius 2 is 1.79 bits per heavy atom. The van der Waals surface area contributed by atoms with E-state index in [1.54, 1.807) is 0 Å². The molecule has 4 heterocycles. The van der Waals surface area contributed by atoms with Crippen molar-refractivity contribution in [3.63, 3.8) is 0 Å². The summed E-state index contributed by atoms with van der Waals surface area (Å²) in [6.07, 6.45) is 7.11. The molecule has 11 nitrogen and oxygen atoms in total. The molecule has 3 N–H and O–H groups in total. The van der Waals surface area contributed by atoms with Crippen LogP contribution in [0.2, 0.25) is 0 Å². The zero-order valence-corrected chi connectivity index (χ0v) is 17.7. The fourth-order valence-electron chi connectivity index (χ4n) is 4.28. The summed E-state index contributed by atoms with van der Waals surface area (Å²) in [6, 6.07) is 9.09. The summed E-state index contributed by atoms with van der Waals surface area (Å²) in [5, 5.41) is 17.0. The lowest BCUT2D eigenvalue weighted by atomic mass is 10.1. The number of anilines is 3. The molecule has 1 aromatic carbocycles. The number of rotatable bonds is 5. The van der Waals surface area contributed by atoms with Crippen molar-refractivity contribution in [2.24, 2.45) is 0 Å². The highest BCUT2D eigenvalue weighted by molar-refractivity contribution is 6.03. The van der Waals surface area contributed by atoms with Crippen LogP contribution in [0.15, 0.2) is 47.3 Å². The van der Waals surface area contributed by atoms with E-state index in [4.69, 9.17) is 4.42 Å². The van der Waals surface area contributed by atoms with Gasteiger partial charge in [0.1, 0.15) is 5.69 Å². The van der Waals surface area contributed by atoms with Crippen LogP contribution in [0.4, 0.5) is 17.8 Å². The fraction of sp³-hybridized carbons (Fsp3) is 0.273. The Labute approximate surface area is 188 Å². The number of amides is 1. The highest BCUT2D eigenvalue weighted by Gasteiger charge is 2.24. The van der Waals surface area contributed by atoms with Gasteiger partial charge in [-0.05, 0) is 24.0 Å². The van der Waals surface area contributed by atoms with Crippen LogP contribution in [0.1, 0.15) is 32.9 Å². The summed E-state index contributed by atoms with van der Waals surface area (Å²) in [5.74, 6) is 0.394. The molecule has 33 heavy (non-hydrogen) atoms. The SMILES string of the molecule is O=C(Nc1cnc(N2CCc3n[nH]nc3C2)o1)c1cnc(NC2Cc3ccccc3C2)nc1. The first-order valence-corrected chi connectivity index (χ1v) is 10.8. The maximum atomic E-state index is 12.6. The Morgan fingerprint density at radius 3 is 2.58 bits per heavy atom. The second-order valence-electron chi connectivity index (χ2n) is 8.16. The second kappa shape index (κ2) is 8.01. The van der Waals surface area contributed by atoms with Gasteiger partial charge in [-0.25, -0.2) is 9.97 Å². The van der Waals surface area contributed by atoms with Crippen LogP contribution in [0, 0.1) is 0 Å². The third kappa shape index (κ3) is 3.88. The number of H-pyrrole nitrogens is 1. The number of nitrogens with one attached hydrogen (secondary N) is 3. The van der Waals surface area contributed by atoms with Crippen molar-refractivity contribution in [1.82, 2.24) is 30.4 Å². The largest absolute Gasteiger partial charge is 0.407 e. The molecule has 6 rings (SSSR count). The van der Waals surface area contributed by atoms with Crippen molar-refractivity contribution >= 4 is 23.8 Å². The van der Waals surface area contributed by atoms with E-state index in [2.05, 4.69) is 65.3 Å². The minimum absolute atomic E-state index is 0.248. The Bertz CT molecular complexity index is 1270. The van der Waals surface area contributed by atoms with E-state index in [0.717, 1.165) is 30.7 Å². The van der Waals surface area contributed by atoms with Gasteiger partial charge in [-0.1, -0.05) is 24.3 Å². The first kappa shape index (κ1) is 19.4. The summed E-state index contributed by atoms with van der Waals surface area (Å²) in [4.78, 5) is 27.4. The van der Waals surface area contributed by atoms with Crippen molar-refractivity contribution in [1.29, 1.82) is 0 Å². The molecule has 4 aromatic rings. The Hall–Kier alpha value is -4.28. The fourth-order valence-corrected chi connectivity index (χ4v) is 4.28. The van der Waals surface area contributed by atoms with Gasteiger partial charge < -0.3 is 14.6 Å². The number of carbonyl (C=O) groups is 1. The Kier molecular flexibility index (Phi) is 4.71. The molecule has 0 saturated heterocycles. The van der Waals surface area contributed by atoms with Crippen molar-refractivity contribution in [3.8, 4) is 0 Å². The zero-order chi connectivity index (χ0) is 22.2. The average Bonchev–Trinajstić information content (AvgIpc) is 3.58. The molecule has 1 aliphatic heterocycles. The molecule has 3 aromatic heterocycles. The Balaban J connectivity index is 1.06. The van der Waals surface area contributed by atoms with Crippen LogP contribution >= 0.6 is 0 Å². The van der Waals surface area contributed by atoms with Gasteiger partial charge >= 0.3 is 0 Å². The van der Waals surface area contributed by atoms with Gasteiger partial charge in [0.2, 0.25) is 11.8 Å². The number of oxazole rings is 1. The maximum Gasteiger partial charge on any atom is 0.299 e. The summed E-state index contributed by atoms with van der Waals surface area (Å²) in [6.45, 7) is 1.26. The van der Waals surface area contributed by atoms with Crippen LogP contribution in [0.25, 0.3) is 0 Å². The number of fused-ring (bicyclic) bond motifs is 2. The van der Waals surface area contributed by atoms with Crippen LogP contribution in [-0.4, -0.2) is 48.9 Å². The van der Waals surface area contributed by atoms with Gasteiger partial charge in [0.15, 0.2) is 0 Å². The first-order valence-electron chi connectivity index (χ1n) is 10.8. The van der Waals surface area contributed by atoms with Crippen molar-refractivity contribution in [2.45, 2.75) is 31.8 Å². The number of hydrogen-bond donors (Lipinski definition) is 3. The number of hydrogen-bond acceptors (Lipinski definition) is 9. The molecule has 0 atom stereocenters. The Morgan fingerprint density at radius 1 is 1.03 bits per heavy atom. The summed E-state index contributed by atoms with van der Waals surface area (Å²) in [5.41, 5.74) is 4.87. The predicted molar refractivity (Wildman–Crippen MR) is 119 cm³/mol. The van der Waals surface area contributed by atoms with Crippen LogP contribution in [-0.2, 0) is 25.8 Å². The van der Waals surface area contributed by atoms with Gasteiger partial charge in [0, 0.05) is 31.4 Å². The highest BCUT2D eigenvalue weighted by atomic mass is 16.4.